The van der Waals surface area contributed by atoms with Crippen molar-refractivity contribution >= 4 is 28.2 Å². The molecule has 2 fully saturated rings. The molecule has 2 aliphatic rings. The molecule has 0 spiro atoms. The Morgan fingerprint density at radius 3 is 2.61 bits per heavy atom. The normalized spacial score (nSPS) is 16.8. The number of carbonyl (C=O) groups is 1. The number of nitrogens with one attached hydrogen (secondary N) is 1. The molecule has 0 bridgehead atoms. The van der Waals surface area contributed by atoms with Crippen LogP contribution in [0.3, 0.4) is 0 Å². The van der Waals surface area contributed by atoms with E-state index in [-0.39, 0.29) is 5.91 Å². The van der Waals surface area contributed by atoms with Gasteiger partial charge in [0, 0.05) is 60.9 Å². The summed E-state index contributed by atoms with van der Waals surface area (Å²) in [6.45, 7) is 6.95. The monoisotopic (exact) mass is 446 g/mol. The lowest BCUT2D eigenvalue weighted by Gasteiger charge is -2.26. The Morgan fingerprint density at radius 1 is 1.00 bits per heavy atom. The first-order chi connectivity index (χ1) is 16.3. The number of carbonyl (C=O) groups excluding carboxylic acids is 1. The second-order valence-corrected chi connectivity index (χ2v) is 8.51. The van der Waals surface area contributed by atoms with Crippen molar-refractivity contribution in [2.45, 2.75) is 12.8 Å². The number of benzene rings is 2. The lowest BCUT2D eigenvalue weighted by Crippen LogP contribution is -2.38. The van der Waals surface area contributed by atoms with E-state index < -0.39 is 0 Å². The summed E-state index contributed by atoms with van der Waals surface area (Å²) in [4.78, 5) is 22.1. The third-order valence-corrected chi connectivity index (χ3v) is 6.34. The number of hydrogen-bond donors (Lipinski definition) is 1. The molecular formula is C26H30N4O3. The lowest BCUT2D eigenvalue weighted by atomic mass is 10.1. The summed E-state index contributed by atoms with van der Waals surface area (Å²) in [5.74, 6) is 1.56. The maximum Gasteiger partial charge on any atom is 0.255 e. The van der Waals surface area contributed by atoms with E-state index in [0.29, 0.717) is 12.2 Å². The first kappa shape index (κ1) is 21.7. The van der Waals surface area contributed by atoms with Crippen LogP contribution in [0.2, 0.25) is 0 Å². The Hall–Kier alpha value is -3.16. The lowest BCUT2D eigenvalue weighted by molar-refractivity contribution is 0.0323. The van der Waals surface area contributed by atoms with Gasteiger partial charge in [-0.05, 0) is 37.1 Å². The summed E-state index contributed by atoms with van der Waals surface area (Å²) in [6.07, 6.45) is 4.06. The fraction of sp³-hybridized carbons (Fsp3) is 0.385. The standard InChI is InChI=1S/C26H30N4O3/c31-26(20-9-10-27-25(19-20)30-11-3-4-12-30)28-23-7-8-24(22-6-2-1-5-21(22)23)33-18-15-29-13-16-32-17-14-29/h1-2,5-10,19H,3-4,11-18H2,(H,28,31). The highest BCUT2D eigenvalue weighted by molar-refractivity contribution is 6.10. The van der Waals surface area contributed by atoms with E-state index in [2.05, 4.69) is 20.1 Å². The van der Waals surface area contributed by atoms with Gasteiger partial charge in [-0.1, -0.05) is 24.3 Å². The van der Waals surface area contributed by atoms with E-state index in [4.69, 9.17) is 9.47 Å². The predicted molar refractivity (Wildman–Crippen MR) is 130 cm³/mol. The number of aromatic nitrogens is 1. The first-order valence-corrected chi connectivity index (χ1v) is 11.7. The fourth-order valence-electron chi connectivity index (χ4n) is 4.49. The zero-order valence-corrected chi connectivity index (χ0v) is 18.8. The number of rotatable bonds is 7. The maximum atomic E-state index is 13.1. The number of ether oxygens (including phenoxy) is 2. The minimum Gasteiger partial charge on any atom is -0.492 e. The van der Waals surface area contributed by atoms with Crippen LogP contribution in [0.5, 0.6) is 5.75 Å². The smallest absolute Gasteiger partial charge is 0.255 e. The second-order valence-electron chi connectivity index (χ2n) is 8.51. The Balaban J connectivity index is 1.30. The Morgan fingerprint density at radius 2 is 1.79 bits per heavy atom. The highest BCUT2D eigenvalue weighted by atomic mass is 16.5. The molecule has 33 heavy (non-hydrogen) atoms. The number of amides is 1. The maximum absolute atomic E-state index is 13.1. The van der Waals surface area contributed by atoms with Gasteiger partial charge < -0.3 is 19.7 Å². The molecule has 2 aromatic carbocycles. The van der Waals surface area contributed by atoms with Gasteiger partial charge in [0.25, 0.3) is 5.91 Å². The minimum atomic E-state index is -0.135. The van der Waals surface area contributed by atoms with Crippen molar-refractivity contribution in [2.24, 2.45) is 0 Å². The van der Waals surface area contributed by atoms with Crippen LogP contribution >= 0.6 is 0 Å². The number of pyridine rings is 1. The molecule has 172 valence electrons. The van der Waals surface area contributed by atoms with Gasteiger partial charge in [-0.25, -0.2) is 4.98 Å². The van der Waals surface area contributed by atoms with Crippen molar-refractivity contribution in [1.29, 1.82) is 0 Å². The molecule has 0 radical (unpaired) electrons. The first-order valence-electron chi connectivity index (χ1n) is 11.7. The van der Waals surface area contributed by atoms with Gasteiger partial charge >= 0.3 is 0 Å². The Labute approximate surface area is 194 Å². The van der Waals surface area contributed by atoms with Crippen LogP contribution in [0, 0.1) is 0 Å². The molecule has 0 aliphatic carbocycles. The third-order valence-electron chi connectivity index (χ3n) is 6.34. The van der Waals surface area contributed by atoms with Crippen molar-refractivity contribution in [3.63, 3.8) is 0 Å². The number of nitrogens with zero attached hydrogens (tertiary/aromatic N) is 3. The fourth-order valence-corrected chi connectivity index (χ4v) is 4.49. The highest BCUT2D eigenvalue weighted by Gasteiger charge is 2.17. The van der Waals surface area contributed by atoms with E-state index in [9.17, 15) is 4.79 Å². The molecule has 7 heteroatoms. The zero-order valence-electron chi connectivity index (χ0n) is 18.8. The average molecular weight is 447 g/mol. The van der Waals surface area contributed by atoms with Gasteiger partial charge in [0.2, 0.25) is 0 Å². The average Bonchev–Trinajstić information content (AvgIpc) is 3.41. The summed E-state index contributed by atoms with van der Waals surface area (Å²) in [7, 11) is 0. The molecule has 2 aliphatic heterocycles. The minimum absolute atomic E-state index is 0.135. The van der Waals surface area contributed by atoms with Gasteiger partial charge in [0.15, 0.2) is 0 Å². The van der Waals surface area contributed by atoms with Crippen molar-refractivity contribution < 1.29 is 14.3 Å². The van der Waals surface area contributed by atoms with E-state index in [1.165, 1.54) is 12.8 Å². The SMILES string of the molecule is O=C(Nc1ccc(OCCN2CCOCC2)c2ccccc12)c1ccnc(N2CCCC2)c1. The molecule has 0 atom stereocenters. The van der Waals surface area contributed by atoms with Crippen LogP contribution in [0.15, 0.2) is 54.7 Å². The van der Waals surface area contributed by atoms with E-state index >= 15 is 0 Å². The second kappa shape index (κ2) is 10.2. The van der Waals surface area contributed by atoms with Gasteiger partial charge in [-0.15, -0.1) is 0 Å². The number of anilines is 2. The van der Waals surface area contributed by atoms with Crippen LogP contribution in [0.4, 0.5) is 11.5 Å². The zero-order chi connectivity index (χ0) is 22.5. The molecule has 1 aromatic heterocycles. The molecule has 1 amide bonds. The molecule has 5 rings (SSSR count). The summed E-state index contributed by atoms with van der Waals surface area (Å²) < 4.78 is 11.5. The van der Waals surface area contributed by atoms with Gasteiger partial charge in [0.05, 0.1) is 13.2 Å². The largest absolute Gasteiger partial charge is 0.492 e. The summed E-state index contributed by atoms with van der Waals surface area (Å²) in [5, 5.41) is 5.04. The van der Waals surface area contributed by atoms with Crippen LogP contribution in [-0.4, -0.2) is 68.3 Å². The van der Waals surface area contributed by atoms with E-state index in [1.54, 1.807) is 12.3 Å². The molecule has 2 saturated heterocycles. The van der Waals surface area contributed by atoms with Gasteiger partial charge in [0.1, 0.15) is 18.2 Å². The van der Waals surface area contributed by atoms with Gasteiger partial charge in [-0.3, -0.25) is 9.69 Å². The van der Waals surface area contributed by atoms with Crippen molar-refractivity contribution in [3.8, 4) is 5.75 Å². The molecule has 0 saturated carbocycles. The van der Waals surface area contributed by atoms with Crippen LogP contribution < -0.4 is 15.0 Å². The Kier molecular flexibility index (Phi) is 6.69. The van der Waals surface area contributed by atoms with Crippen LogP contribution in [0.1, 0.15) is 23.2 Å². The summed E-state index contributed by atoms with van der Waals surface area (Å²) >= 11 is 0. The van der Waals surface area contributed by atoms with Crippen LogP contribution in [0.25, 0.3) is 10.8 Å². The van der Waals surface area contributed by atoms with E-state index in [0.717, 1.165) is 74.0 Å². The van der Waals surface area contributed by atoms with E-state index in [1.807, 2.05) is 42.5 Å². The van der Waals surface area contributed by atoms with Crippen LogP contribution in [-0.2, 0) is 4.74 Å². The number of fused-ring (bicyclic) bond motifs is 1. The molecule has 3 aromatic rings. The molecule has 0 unspecified atom stereocenters. The molecular weight excluding hydrogens is 416 g/mol. The molecule has 3 heterocycles. The Bertz CT molecular complexity index is 1110. The van der Waals surface area contributed by atoms with Crippen molar-refractivity contribution in [2.75, 3.05) is 62.8 Å². The number of hydrogen-bond acceptors (Lipinski definition) is 6. The highest BCUT2D eigenvalue weighted by Crippen LogP contribution is 2.32. The molecule has 7 nitrogen and oxygen atoms in total. The predicted octanol–water partition coefficient (Wildman–Crippen LogP) is 3.80. The van der Waals surface area contributed by atoms with Crippen molar-refractivity contribution in [1.82, 2.24) is 9.88 Å². The quantitative estimate of drug-likeness (QED) is 0.596. The third kappa shape index (κ3) is 5.10. The van der Waals surface area contributed by atoms with Gasteiger partial charge in [-0.2, -0.15) is 0 Å². The summed E-state index contributed by atoms with van der Waals surface area (Å²) in [5.41, 5.74) is 1.39. The molecule has 1 N–H and O–H groups in total. The number of morpholine rings is 1. The summed E-state index contributed by atoms with van der Waals surface area (Å²) in [6, 6.07) is 15.5. The van der Waals surface area contributed by atoms with Crippen molar-refractivity contribution in [3.05, 3.63) is 60.3 Å². The topological polar surface area (TPSA) is 66.9 Å².